The molecular weight excluding hydrogens is 350 g/mol. The van der Waals surface area contributed by atoms with Gasteiger partial charge in [-0.2, -0.15) is 0 Å². The van der Waals surface area contributed by atoms with Crippen molar-refractivity contribution < 1.29 is 13.9 Å². The summed E-state index contributed by atoms with van der Waals surface area (Å²) in [7, 11) is 1.66. The largest absolute Gasteiger partial charge is 0.497 e. The predicted molar refractivity (Wildman–Crippen MR) is 102 cm³/mol. The number of nitrogens with zero attached hydrogens (tertiary/aromatic N) is 1. The summed E-state index contributed by atoms with van der Waals surface area (Å²) in [4.78, 5) is 14.9. The molecule has 1 fully saturated rings. The highest BCUT2D eigenvalue weighted by atomic mass is 35.5. The van der Waals surface area contributed by atoms with Crippen LogP contribution in [-0.4, -0.2) is 31.0 Å². The van der Waals surface area contributed by atoms with Crippen LogP contribution in [0.1, 0.15) is 34.0 Å². The van der Waals surface area contributed by atoms with Crippen molar-refractivity contribution in [1.29, 1.82) is 0 Å². The molecule has 3 aromatic rings. The Bertz CT molecular complexity index is 961. The molecule has 0 spiro atoms. The third kappa shape index (κ3) is 2.95. The van der Waals surface area contributed by atoms with Gasteiger partial charge in [0.25, 0.3) is 5.91 Å². The molecule has 0 radical (unpaired) electrons. The molecule has 2 heterocycles. The summed E-state index contributed by atoms with van der Waals surface area (Å²) in [5.74, 6) is 1.55. The number of carbonyl (C=O) groups excluding carboxylic acids is 1. The first kappa shape index (κ1) is 17.0. The Labute approximate surface area is 157 Å². The van der Waals surface area contributed by atoms with E-state index in [9.17, 15) is 4.79 Å². The van der Waals surface area contributed by atoms with Crippen LogP contribution in [0.2, 0.25) is 5.02 Å². The number of ether oxygens (including phenoxy) is 1. The van der Waals surface area contributed by atoms with Crippen molar-refractivity contribution >= 4 is 28.5 Å². The molecule has 0 N–H and O–H groups in total. The number of amides is 1. The quantitative estimate of drug-likeness (QED) is 0.650. The molecule has 1 atom stereocenters. The van der Waals surface area contributed by atoms with Gasteiger partial charge in [-0.15, -0.1) is 0 Å². The fraction of sp³-hybridized carbons (Fsp3) is 0.286. The lowest BCUT2D eigenvalue weighted by Gasteiger charge is -2.16. The minimum absolute atomic E-state index is 0.0502. The van der Waals surface area contributed by atoms with Crippen LogP contribution in [0.15, 0.2) is 46.9 Å². The molecule has 4 rings (SSSR count). The maximum atomic E-state index is 13.0. The number of furan rings is 1. The molecule has 1 saturated heterocycles. The fourth-order valence-corrected chi connectivity index (χ4v) is 3.81. The van der Waals surface area contributed by atoms with E-state index in [1.807, 2.05) is 36.1 Å². The molecule has 0 saturated carbocycles. The van der Waals surface area contributed by atoms with E-state index in [0.717, 1.165) is 29.7 Å². The predicted octanol–water partition coefficient (Wildman–Crippen LogP) is 5.03. The number of carbonyl (C=O) groups is 1. The Hall–Kier alpha value is -2.46. The number of benzene rings is 2. The monoisotopic (exact) mass is 369 g/mol. The van der Waals surface area contributed by atoms with Crippen molar-refractivity contribution in [3.8, 4) is 5.75 Å². The molecule has 4 nitrogen and oxygen atoms in total. The van der Waals surface area contributed by atoms with E-state index in [-0.39, 0.29) is 5.91 Å². The van der Waals surface area contributed by atoms with Crippen LogP contribution < -0.4 is 4.74 Å². The molecule has 5 heteroatoms. The fourth-order valence-electron chi connectivity index (χ4n) is 3.63. The van der Waals surface area contributed by atoms with Gasteiger partial charge < -0.3 is 14.1 Å². The van der Waals surface area contributed by atoms with Crippen LogP contribution in [0.3, 0.4) is 0 Å². The highest BCUT2D eigenvalue weighted by Crippen LogP contribution is 2.32. The number of hydrogen-bond donors (Lipinski definition) is 0. The summed E-state index contributed by atoms with van der Waals surface area (Å²) in [5.41, 5.74) is 2.77. The Kier molecular flexibility index (Phi) is 4.37. The van der Waals surface area contributed by atoms with Crippen LogP contribution in [0.4, 0.5) is 0 Å². The Balaban J connectivity index is 1.55. The summed E-state index contributed by atoms with van der Waals surface area (Å²) in [5, 5.41) is 1.54. The van der Waals surface area contributed by atoms with Crippen molar-refractivity contribution in [1.82, 2.24) is 4.90 Å². The highest BCUT2D eigenvalue weighted by Gasteiger charge is 2.31. The highest BCUT2D eigenvalue weighted by molar-refractivity contribution is 6.31. The van der Waals surface area contributed by atoms with E-state index in [1.165, 1.54) is 5.56 Å². The molecule has 26 heavy (non-hydrogen) atoms. The normalized spacial score (nSPS) is 17.0. The second-order valence-electron chi connectivity index (χ2n) is 6.71. The zero-order valence-corrected chi connectivity index (χ0v) is 15.5. The lowest BCUT2D eigenvalue weighted by molar-refractivity contribution is 0.0760. The van der Waals surface area contributed by atoms with Crippen molar-refractivity contribution in [3.63, 3.8) is 0 Å². The van der Waals surface area contributed by atoms with Gasteiger partial charge >= 0.3 is 0 Å². The maximum Gasteiger partial charge on any atom is 0.289 e. The van der Waals surface area contributed by atoms with Gasteiger partial charge in [-0.25, -0.2) is 0 Å². The third-order valence-electron chi connectivity index (χ3n) is 5.16. The van der Waals surface area contributed by atoms with Crippen molar-refractivity contribution in [3.05, 3.63) is 64.4 Å². The van der Waals surface area contributed by atoms with Crippen molar-refractivity contribution in [2.45, 2.75) is 19.3 Å². The standard InChI is InChI=1S/C21H20ClNO3/c1-13-18-11-16(22)5-8-19(18)26-20(13)21(24)23-10-9-15(12-23)14-3-6-17(25-2)7-4-14/h3-8,11,15H,9-10,12H2,1-2H3. The van der Waals surface area contributed by atoms with Gasteiger partial charge in [-0.1, -0.05) is 23.7 Å². The molecule has 1 aliphatic heterocycles. The summed E-state index contributed by atoms with van der Waals surface area (Å²) in [6.45, 7) is 3.33. The smallest absolute Gasteiger partial charge is 0.289 e. The second-order valence-corrected chi connectivity index (χ2v) is 7.14. The average Bonchev–Trinajstić information content (AvgIpc) is 3.27. The summed E-state index contributed by atoms with van der Waals surface area (Å²) in [6, 6.07) is 13.5. The van der Waals surface area contributed by atoms with E-state index in [1.54, 1.807) is 13.2 Å². The van der Waals surface area contributed by atoms with Gasteiger partial charge in [0, 0.05) is 35.0 Å². The van der Waals surface area contributed by atoms with Gasteiger partial charge in [-0.3, -0.25) is 4.79 Å². The van der Waals surface area contributed by atoms with E-state index < -0.39 is 0 Å². The average molecular weight is 370 g/mol. The SMILES string of the molecule is COc1ccc(C2CCN(C(=O)c3oc4ccc(Cl)cc4c3C)C2)cc1. The van der Waals surface area contributed by atoms with Crippen LogP contribution in [0, 0.1) is 6.92 Å². The van der Waals surface area contributed by atoms with Crippen LogP contribution in [-0.2, 0) is 0 Å². The van der Waals surface area contributed by atoms with Crippen LogP contribution in [0.25, 0.3) is 11.0 Å². The van der Waals surface area contributed by atoms with Gasteiger partial charge in [0.1, 0.15) is 11.3 Å². The number of fused-ring (bicyclic) bond motifs is 1. The van der Waals surface area contributed by atoms with E-state index in [4.69, 9.17) is 20.8 Å². The Morgan fingerprint density at radius 2 is 2.00 bits per heavy atom. The number of hydrogen-bond acceptors (Lipinski definition) is 3. The summed E-state index contributed by atoms with van der Waals surface area (Å²) >= 11 is 6.07. The third-order valence-corrected chi connectivity index (χ3v) is 5.39. The number of aryl methyl sites for hydroxylation is 1. The Morgan fingerprint density at radius 1 is 1.23 bits per heavy atom. The zero-order chi connectivity index (χ0) is 18.3. The van der Waals surface area contributed by atoms with Crippen molar-refractivity contribution in [2.24, 2.45) is 0 Å². The number of likely N-dealkylation sites (tertiary alicyclic amines) is 1. The minimum Gasteiger partial charge on any atom is -0.497 e. The first-order valence-electron chi connectivity index (χ1n) is 8.68. The summed E-state index contributed by atoms with van der Waals surface area (Å²) < 4.78 is 11.0. The van der Waals surface area contributed by atoms with Crippen LogP contribution >= 0.6 is 11.6 Å². The minimum atomic E-state index is -0.0502. The molecule has 0 bridgehead atoms. The van der Waals surface area contributed by atoms with E-state index in [2.05, 4.69) is 12.1 Å². The lowest BCUT2D eigenvalue weighted by atomic mass is 9.98. The molecule has 134 valence electrons. The molecule has 1 amide bonds. The molecule has 1 aliphatic rings. The topological polar surface area (TPSA) is 42.7 Å². The van der Waals surface area contributed by atoms with Gasteiger partial charge in [0.2, 0.25) is 0 Å². The summed E-state index contributed by atoms with van der Waals surface area (Å²) in [6.07, 6.45) is 0.948. The lowest BCUT2D eigenvalue weighted by Crippen LogP contribution is -2.28. The first-order valence-corrected chi connectivity index (χ1v) is 9.06. The Morgan fingerprint density at radius 3 is 2.73 bits per heavy atom. The van der Waals surface area contributed by atoms with E-state index >= 15 is 0 Å². The van der Waals surface area contributed by atoms with Gasteiger partial charge in [-0.05, 0) is 49.2 Å². The van der Waals surface area contributed by atoms with Crippen LogP contribution in [0.5, 0.6) is 5.75 Å². The second kappa shape index (κ2) is 6.69. The molecule has 1 aromatic heterocycles. The maximum absolute atomic E-state index is 13.0. The zero-order valence-electron chi connectivity index (χ0n) is 14.8. The van der Waals surface area contributed by atoms with E-state index in [0.29, 0.717) is 28.8 Å². The molecular formula is C21H20ClNO3. The number of halogens is 1. The van der Waals surface area contributed by atoms with Gasteiger partial charge in [0.05, 0.1) is 7.11 Å². The first-order chi connectivity index (χ1) is 12.6. The molecule has 1 unspecified atom stereocenters. The number of methoxy groups -OCH3 is 1. The van der Waals surface area contributed by atoms with Gasteiger partial charge in [0.15, 0.2) is 5.76 Å². The van der Waals surface area contributed by atoms with Crippen molar-refractivity contribution in [2.75, 3.05) is 20.2 Å². The molecule has 2 aromatic carbocycles. The molecule has 0 aliphatic carbocycles. The number of rotatable bonds is 3.